The van der Waals surface area contributed by atoms with Gasteiger partial charge >= 0.3 is 0 Å². The van der Waals surface area contributed by atoms with Gasteiger partial charge in [-0.2, -0.15) is 0 Å². The van der Waals surface area contributed by atoms with Gasteiger partial charge in [0.05, 0.1) is 5.41 Å². The molecule has 0 aliphatic heterocycles. The Balaban J connectivity index is 2.16. The van der Waals surface area contributed by atoms with Gasteiger partial charge in [-0.25, -0.2) is 0 Å². The minimum Gasteiger partial charge on any atom is -0.369 e. The number of nitrogens with two attached hydrogens (primary N) is 1. The van der Waals surface area contributed by atoms with Crippen molar-refractivity contribution in [3.63, 3.8) is 0 Å². The van der Waals surface area contributed by atoms with Gasteiger partial charge in [-0.05, 0) is 31.0 Å². The first-order valence-electron chi connectivity index (χ1n) is 6.73. The first-order valence-corrected chi connectivity index (χ1v) is 6.73. The van der Waals surface area contributed by atoms with Gasteiger partial charge in [0.25, 0.3) is 0 Å². The molecule has 0 radical (unpaired) electrons. The van der Waals surface area contributed by atoms with Crippen molar-refractivity contribution in [3.05, 3.63) is 35.9 Å². The van der Waals surface area contributed by atoms with Gasteiger partial charge in [0, 0.05) is 6.54 Å². The third kappa shape index (κ3) is 2.15. The molecule has 18 heavy (non-hydrogen) atoms. The zero-order valence-corrected chi connectivity index (χ0v) is 11.2. The van der Waals surface area contributed by atoms with Crippen LogP contribution in [0.25, 0.3) is 0 Å². The molecule has 0 aromatic heterocycles. The summed E-state index contributed by atoms with van der Waals surface area (Å²) in [5.74, 6) is 0.197. The molecule has 1 aliphatic carbocycles. The summed E-state index contributed by atoms with van der Waals surface area (Å²) in [6, 6.07) is 9.97. The number of rotatable bonds is 6. The van der Waals surface area contributed by atoms with Crippen LogP contribution < -0.4 is 5.73 Å². The van der Waals surface area contributed by atoms with Crippen molar-refractivity contribution in [2.45, 2.75) is 25.7 Å². The predicted octanol–water partition coefficient (Wildman–Crippen LogP) is 1.77. The van der Waals surface area contributed by atoms with E-state index in [1.807, 2.05) is 30.3 Å². The van der Waals surface area contributed by atoms with E-state index in [0.29, 0.717) is 5.92 Å². The van der Waals surface area contributed by atoms with Gasteiger partial charge in [0.15, 0.2) is 0 Å². The number of benzene rings is 1. The molecule has 0 spiro atoms. The number of primary amides is 1. The molecule has 2 unspecified atom stereocenters. The second kappa shape index (κ2) is 5.11. The molecule has 1 aliphatic rings. The normalized spacial score (nSPS) is 26.3. The van der Waals surface area contributed by atoms with Gasteiger partial charge in [-0.3, -0.25) is 4.79 Å². The Labute approximate surface area is 109 Å². The molecule has 3 nitrogen and oxygen atoms in total. The third-order valence-corrected chi connectivity index (χ3v) is 4.21. The van der Waals surface area contributed by atoms with E-state index in [4.69, 9.17) is 5.73 Å². The molecule has 3 heteroatoms. The molecular weight excluding hydrogens is 224 g/mol. The number of carbonyl (C=O) groups excluding carboxylic acids is 1. The van der Waals surface area contributed by atoms with Crippen LogP contribution in [0.3, 0.4) is 0 Å². The minimum atomic E-state index is -0.413. The number of hydrogen-bond acceptors (Lipinski definition) is 2. The van der Waals surface area contributed by atoms with E-state index in [2.05, 4.69) is 18.7 Å². The summed E-state index contributed by atoms with van der Waals surface area (Å²) < 4.78 is 0. The maximum absolute atomic E-state index is 11.9. The Morgan fingerprint density at radius 1 is 1.33 bits per heavy atom. The molecule has 1 saturated carbocycles. The topological polar surface area (TPSA) is 46.3 Å². The van der Waals surface area contributed by atoms with E-state index < -0.39 is 5.41 Å². The highest BCUT2D eigenvalue weighted by Crippen LogP contribution is 2.54. The lowest BCUT2D eigenvalue weighted by atomic mass is 9.92. The molecule has 2 atom stereocenters. The Hall–Kier alpha value is -1.35. The van der Waals surface area contributed by atoms with Crippen LogP contribution in [-0.4, -0.2) is 30.4 Å². The van der Waals surface area contributed by atoms with Crippen LogP contribution in [0.4, 0.5) is 0 Å². The van der Waals surface area contributed by atoms with Gasteiger partial charge in [0.1, 0.15) is 0 Å². The fourth-order valence-electron chi connectivity index (χ4n) is 2.88. The molecule has 2 N–H and O–H groups in total. The summed E-state index contributed by atoms with van der Waals surface area (Å²) in [5.41, 5.74) is 6.32. The Morgan fingerprint density at radius 2 is 1.94 bits per heavy atom. The summed E-state index contributed by atoms with van der Waals surface area (Å²) >= 11 is 0. The molecule has 1 aromatic rings. The molecule has 0 saturated heterocycles. The van der Waals surface area contributed by atoms with Crippen molar-refractivity contribution in [2.24, 2.45) is 11.7 Å². The first-order chi connectivity index (χ1) is 8.65. The summed E-state index contributed by atoms with van der Waals surface area (Å²) in [7, 11) is 0. The van der Waals surface area contributed by atoms with E-state index in [1.165, 1.54) is 0 Å². The van der Waals surface area contributed by atoms with Gasteiger partial charge in [0.2, 0.25) is 5.91 Å². The SMILES string of the molecule is CCN(CC)CC1CC1(C(N)=O)c1ccccc1. The molecule has 1 aromatic carbocycles. The highest BCUT2D eigenvalue weighted by Gasteiger charge is 2.59. The predicted molar refractivity (Wildman–Crippen MR) is 73.2 cm³/mol. The summed E-state index contributed by atoms with van der Waals surface area (Å²) in [6.45, 7) is 7.32. The monoisotopic (exact) mass is 246 g/mol. The maximum atomic E-state index is 11.9. The van der Waals surface area contributed by atoms with Gasteiger partial charge in [-0.1, -0.05) is 44.2 Å². The van der Waals surface area contributed by atoms with Crippen LogP contribution in [-0.2, 0) is 10.2 Å². The number of carbonyl (C=O) groups is 1. The lowest BCUT2D eigenvalue weighted by molar-refractivity contribution is -0.120. The first kappa shape index (κ1) is 13.1. The average Bonchev–Trinajstić information content (AvgIpc) is 3.12. The largest absolute Gasteiger partial charge is 0.369 e. The number of amides is 1. The maximum Gasteiger partial charge on any atom is 0.228 e. The van der Waals surface area contributed by atoms with Crippen molar-refractivity contribution >= 4 is 5.91 Å². The molecule has 98 valence electrons. The number of nitrogens with zero attached hydrogens (tertiary/aromatic N) is 1. The highest BCUT2D eigenvalue weighted by atomic mass is 16.1. The van der Waals surface area contributed by atoms with E-state index in [1.54, 1.807) is 0 Å². The fraction of sp³-hybridized carbons (Fsp3) is 0.533. The van der Waals surface area contributed by atoms with Crippen molar-refractivity contribution in [1.82, 2.24) is 4.90 Å². The Kier molecular flexibility index (Phi) is 3.71. The van der Waals surface area contributed by atoms with E-state index >= 15 is 0 Å². The van der Waals surface area contributed by atoms with Crippen LogP contribution >= 0.6 is 0 Å². The Morgan fingerprint density at radius 3 is 2.44 bits per heavy atom. The smallest absolute Gasteiger partial charge is 0.228 e. The van der Waals surface area contributed by atoms with Crippen LogP contribution in [0.5, 0.6) is 0 Å². The second-order valence-electron chi connectivity index (χ2n) is 5.09. The van der Waals surface area contributed by atoms with Crippen molar-refractivity contribution in [1.29, 1.82) is 0 Å². The number of hydrogen-bond donors (Lipinski definition) is 1. The van der Waals surface area contributed by atoms with Crippen LogP contribution in [0, 0.1) is 5.92 Å². The zero-order chi connectivity index (χ0) is 13.2. The third-order valence-electron chi connectivity index (χ3n) is 4.21. The van der Waals surface area contributed by atoms with Gasteiger partial charge in [-0.15, -0.1) is 0 Å². The molecule has 2 rings (SSSR count). The molecule has 0 heterocycles. The average molecular weight is 246 g/mol. The van der Waals surface area contributed by atoms with E-state index in [-0.39, 0.29) is 5.91 Å². The molecular formula is C15H22N2O. The van der Waals surface area contributed by atoms with Crippen LogP contribution in [0.1, 0.15) is 25.8 Å². The second-order valence-corrected chi connectivity index (χ2v) is 5.09. The standard InChI is InChI=1S/C15H22N2O/c1-3-17(4-2)11-13-10-15(13,14(16)18)12-8-6-5-7-9-12/h5-9,13H,3-4,10-11H2,1-2H3,(H2,16,18). The fourth-order valence-corrected chi connectivity index (χ4v) is 2.88. The quantitative estimate of drug-likeness (QED) is 0.831. The lowest BCUT2D eigenvalue weighted by Gasteiger charge is -2.20. The van der Waals surface area contributed by atoms with Crippen LogP contribution in [0.2, 0.25) is 0 Å². The van der Waals surface area contributed by atoms with Crippen molar-refractivity contribution < 1.29 is 4.79 Å². The van der Waals surface area contributed by atoms with Crippen molar-refractivity contribution in [2.75, 3.05) is 19.6 Å². The van der Waals surface area contributed by atoms with E-state index in [9.17, 15) is 4.79 Å². The van der Waals surface area contributed by atoms with Crippen molar-refractivity contribution in [3.8, 4) is 0 Å². The molecule has 1 amide bonds. The van der Waals surface area contributed by atoms with Gasteiger partial charge < -0.3 is 10.6 Å². The van der Waals surface area contributed by atoms with E-state index in [0.717, 1.165) is 31.6 Å². The summed E-state index contributed by atoms with van der Waals surface area (Å²) in [5, 5.41) is 0. The summed E-state index contributed by atoms with van der Waals surface area (Å²) in [4.78, 5) is 14.2. The molecule has 1 fully saturated rings. The summed E-state index contributed by atoms with van der Waals surface area (Å²) in [6.07, 6.45) is 0.892. The Bertz CT molecular complexity index is 414. The minimum absolute atomic E-state index is 0.175. The molecule has 0 bridgehead atoms. The lowest BCUT2D eigenvalue weighted by Crippen LogP contribution is -2.34. The highest BCUT2D eigenvalue weighted by molar-refractivity contribution is 5.90. The van der Waals surface area contributed by atoms with Crippen LogP contribution in [0.15, 0.2) is 30.3 Å². The zero-order valence-electron chi connectivity index (χ0n) is 11.2.